The Kier molecular flexibility index (Phi) is 4.01. The summed E-state index contributed by atoms with van der Waals surface area (Å²) in [6.45, 7) is 3.17. The van der Waals surface area contributed by atoms with Gasteiger partial charge in [0.2, 0.25) is 5.91 Å². The first kappa shape index (κ1) is 10.9. The number of nitrogens with one attached hydrogen (secondary N) is 1. The van der Waals surface area contributed by atoms with Crippen LogP contribution in [0.3, 0.4) is 0 Å². The van der Waals surface area contributed by atoms with Crippen LogP contribution in [0.5, 0.6) is 0 Å². The Morgan fingerprint density at radius 2 is 2.27 bits per heavy atom. The average molecular weight is 210 g/mol. The Bertz CT molecular complexity index is 212. The summed E-state index contributed by atoms with van der Waals surface area (Å²) in [5.41, 5.74) is 0. The van der Waals surface area contributed by atoms with Crippen molar-refractivity contribution in [1.82, 2.24) is 10.2 Å². The molecule has 1 amide bonds. The fourth-order valence-electron chi connectivity index (χ4n) is 2.63. The number of carbonyl (C=O) groups is 1. The van der Waals surface area contributed by atoms with Crippen molar-refractivity contribution in [3.63, 3.8) is 0 Å². The lowest BCUT2D eigenvalue weighted by atomic mass is 10.1. The van der Waals surface area contributed by atoms with Crippen LogP contribution in [0.15, 0.2) is 0 Å². The molecule has 2 saturated heterocycles. The second kappa shape index (κ2) is 5.50. The van der Waals surface area contributed by atoms with Gasteiger partial charge < -0.3 is 10.2 Å². The Hall–Kier alpha value is -0.570. The van der Waals surface area contributed by atoms with E-state index in [1.54, 1.807) is 0 Å². The van der Waals surface area contributed by atoms with Gasteiger partial charge in [-0.3, -0.25) is 4.79 Å². The normalized spacial score (nSPS) is 27.3. The molecular formula is C12H22N2O. The third-order valence-electron chi connectivity index (χ3n) is 3.56. The van der Waals surface area contributed by atoms with E-state index in [9.17, 15) is 4.79 Å². The molecule has 0 saturated carbocycles. The molecule has 0 aliphatic carbocycles. The highest BCUT2D eigenvalue weighted by molar-refractivity contribution is 5.76. The van der Waals surface area contributed by atoms with Crippen molar-refractivity contribution in [2.45, 2.75) is 51.0 Å². The Labute approximate surface area is 92.2 Å². The number of piperidine rings is 1. The lowest BCUT2D eigenvalue weighted by Gasteiger charge is -2.27. The second-order valence-corrected chi connectivity index (χ2v) is 4.77. The lowest BCUT2D eigenvalue weighted by molar-refractivity contribution is -0.133. The van der Waals surface area contributed by atoms with Crippen LogP contribution in [0.2, 0.25) is 0 Å². The van der Waals surface area contributed by atoms with Gasteiger partial charge >= 0.3 is 0 Å². The highest BCUT2D eigenvalue weighted by atomic mass is 16.2. The molecule has 0 bridgehead atoms. The van der Waals surface area contributed by atoms with Crippen molar-refractivity contribution in [3.05, 3.63) is 0 Å². The molecule has 86 valence electrons. The molecular weight excluding hydrogens is 188 g/mol. The predicted molar refractivity (Wildman–Crippen MR) is 60.7 cm³/mol. The molecule has 0 aromatic heterocycles. The van der Waals surface area contributed by atoms with E-state index in [2.05, 4.69) is 10.2 Å². The van der Waals surface area contributed by atoms with E-state index in [1.165, 1.54) is 38.6 Å². The molecule has 1 atom stereocenters. The third-order valence-corrected chi connectivity index (χ3v) is 3.56. The molecule has 2 aliphatic rings. The van der Waals surface area contributed by atoms with E-state index < -0.39 is 0 Å². The summed E-state index contributed by atoms with van der Waals surface area (Å²) in [6.07, 6.45) is 8.14. The molecule has 0 aromatic carbocycles. The van der Waals surface area contributed by atoms with Gasteiger partial charge in [-0.15, -0.1) is 0 Å². The van der Waals surface area contributed by atoms with Crippen molar-refractivity contribution < 1.29 is 4.79 Å². The monoisotopic (exact) mass is 210 g/mol. The van der Waals surface area contributed by atoms with Crippen LogP contribution >= 0.6 is 0 Å². The Morgan fingerprint density at radius 1 is 1.33 bits per heavy atom. The second-order valence-electron chi connectivity index (χ2n) is 4.77. The topological polar surface area (TPSA) is 32.3 Å². The number of nitrogens with zero attached hydrogens (tertiary/aromatic N) is 1. The summed E-state index contributed by atoms with van der Waals surface area (Å²) in [4.78, 5) is 13.6. The van der Waals surface area contributed by atoms with Gasteiger partial charge in [0.1, 0.15) is 0 Å². The van der Waals surface area contributed by atoms with E-state index in [4.69, 9.17) is 0 Å². The van der Waals surface area contributed by atoms with Crippen LogP contribution in [-0.4, -0.2) is 36.5 Å². The van der Waals surface area contributed by atoms with E-state index in [-0.39, 0.29) is 0 Å². The minimum absolute atomic E-state index is 0.376. The Morgan fingerprint density at radius 3 is 3.00 bits per heavy atom. The first-order chi connectivity index (χ1) is 7.36. The number of hydrogen-bond donors (Lipinski definition) is 1. The van der Waals surface area contributed by atoms with E-state index in [0.29, 0.717) is 5.91 Å². The van der Waals surface area contributed by atoms with Crippen molar-refractivity contribution in [1.29, 1.82) is 0 Å². The maximum Gasteiger partial charge on any atom is 0.222 e. The minimum atomic E-state index is 0.376. The molecule has 3 nitrogen and oxygen atoms in total. The number of likely N-dealkylation sites (tertiary alicyclic amines) is 1. The van der Waals surface area contributed by atoms with Gasteiger partial charge in [0.15, 0.2) is 0 Å². The standard InChI is InChI=1S/C12H22N2O/c15-12-7-1-2-9-14(12)10-4-6-11-5-3-8-13-11/h11,13H,1-10H2. The van der Waals surface area contributed by atoms with Gasteiger partial charge in [-0.2, -0.15) is 0 Å². The zero-order chi connectivity index (χ0) is 10.5. The van der Waals surface area contributed by atoms with Crippen LogP contribution in [-0.2, 0) is 4.79 Å². The maximum absolute atomic E-state index is 11.5. The molecule has 15 heavy (non-hydrogen) atoms. The lowest BCUT2D eigenvalue weighted by Crippen LogP contribution is -2.36. The van der Waals surface area contributed by atoms with E-state index >= 15 is 0 Å². The first-order valence-corrected chi connectivity index (χ1v) is 6.37. The predicted octanol–water partition coefficient (Wildman–Crippen LogP) is 1.53. The summed E-state index contributed by atoms with van der Waals surface area (Å²) in [5, 5.41) is 3.50. The summed E-state index contributed by atoms with van der Waals surface area (Å²) in [5.74, 6) is 0.376. The summed E-state index contributed by atoms with van der Waals surface area (Å²) in [6, 6.07) is 0.727. The summed E-state index contributed by atoms with van der Waals surface area (Å²) in [7, 11) is 0. The SMILES string of the molecule is O=C1CCCCN1CCCC1CCCN1. The zero-order valence-electron chi connectivity index (χ0n) is 9.50. The van der Waals surface area contributed by atoms with Gasteiger partial charge in [0, 0.05) is 25.6 Å². The van der Waals surface area contributed by atoms with Crippen molar-refractivity contribution in [2.75, 3.05) is 19.6 Å². The number of carbonyl (C=O) groups excluding carboxylic acids is 1. The maximum atomic E-state index is 11.5. The minimum Gasteiger partial charge on any atom is -0.343 e. The highest BCUT2D eigenvalue weighted by Crippen LogP contribution is 2.14. The molecule has 3 heteroatoms. The molecule has 2 rings (SSSR count). The molecule has 1 N–H and O–H groups in total. The Balaban J connectivity index is 1.61. The first-order valence-electron chi connectivity index (χ1n) is 6.37. The van der Waals surface area contributed by atoms with Crippen LogP contribution in [0, 0.1) is 0 Å². The summed E-state index contributed by atoms with van der Waals surface area (Å²) >= 11 is 0. The van der Waals surface area contributed by atoms with Crippen molar-refractivity contribution >= 4 is 5.91 Å². The van der Waals surface area contributed by atoms with Gasteiger partial charge in [0.25, 0.3) is 0 Å². The van der Waals surface area contributed by atoms with Crippen LogP contribution < -0.4 is 5.32 Å². The molecule has 2 fully saturated rings. The quantitative estimate of drug-likeness (QED) is 0.763. The van der Waals surface area contributed by atoms with Gasteiger partial charge in [0.05, 0.1) is 0 Å². The van der Waals surface area contributed by atoms with Crippen molar-refractivity contribution in [2.24, 2.45) is 0 Å². The summed E-state index contributed by atoms with van der Waals surface area (Å²) < 4.78 is 0. The van der Waals surface area contributed by atoms with Gasteiger partial charge in [-0.1, -0.05) is 0 Å². The van der Waals surface area contributed by atoms with Gasteiger partial charge in [-0.25, -0.2) is 0 Å². The number of hydrogen-bond acceptors (Lipinski definition) is 2. The molecule has 2 heterocycles. The van der Waals surface area contributed by atoms with Crippen LogP contribution in [0.1, 0.15) is 44.9 Å². The largest absolute Gasteiger partial charge is 0.343 e. The van der Waals surface area contributed by atoms with Crippen molar-refractivity contribution in [3.8, 4) is 0 Å². The van der Waals surface area contributed by atoms with E-state index in [1.807, 2.05) is 0 Å². The molecule has 0 aromatic rings. The molecule has 0 spiro atoms. The molecule has 0 radical (unpaired) electrons. The fourth-order valence-corrected chi connectivity index (χ4v) is 2.63. The van der Waals surface area contributed by atoms with Crippen LogP contribution in [0.4, 0.5) is 0 Å². The zero-order valence-corrected chi connectivity index (χ0v) is 9.50. The fraction of sp³-hybridized carbons (Fsp3) is 0.917. The van der Waals surface area contributed by atoms with Crippen LogP contribution in [0.25, 0.3) is 0 Å². The highest BCUT2D eigenvalue weighted by Gasteiger charge is 2.18. The number of rotatable bonds is 4. The average Bonchev–Trinajstić information content (AvgIpc) is 2.74. The third kappa shape index (κ3) is 3.20. The smallest absolute Gasteiger partial charge is 0.222 e. The van der Waals surface area contributed by atoms with Gasteiger partial charge in [-0.05, 0) is 45.1 Å². The molecule has 1 unspecified atom stereocenters. The van der Waals surface area contributed by atoms with E-state index in [0.717, 1.165) is 32.0 Å². The number of amides is 1. The molecule has 2 aliphatic heterocycles.